The van der Waals surface area contributed by atoms with Crippen molar-refractivity contribution in [2.24, 2.45) is 5.92 Å². The lowest BCUT2D eigenvalue weighted by molar-refractivity contribution is -0.527. The third-order valence-corrected chi connectivity index (χ3v) is 5.16. The van der Waals surface area contributed by atoms with Crippen LogP contribution in [0.15, 0.2) is 60.7 Å². The molecule has 0 fully saturated rings. The molecular weight excluding hydrogens is 266 g/mol. The predicted octanol–water partition coefficient (Wildman–Crippen LogP) is 4.50. The quantitative estimate of drug-likeness (QED) is 0.733. The Balaban J connectivity index is 2.31. The van der Waals surface area contributed by atoms with Crippen LogP contribution in [-0.2, 0) is 5.41 Å². The van der Waals surface area contributed by atoms with Gasteiger partial charge >= 0.3 is 0 Å². The second kappa shape index (κ2) is 5.72. The molecule has 1 aliphatic heterocycles. The molecule has 0 radical (unpaired) electrons. The zero-order valence-corrected chi connectivity index (χ0v) is 14.1. The van der Waals surface area contributed by atoms with E-state index in [0.717, 1.165) is 6.42 Å². The van der Waals surface area contributed by atoms with Crippen LogP contribution in [0, 0.1) is 5.92 Å². The van der Waals surface area contributed by atoms with Crippen molar-refractivity contribution in [1.29, 1.82) is 0 Å². The maximum Gasteiger partial charge on any atom is 0.170 e. The molecule has 2 aromatic rings. The van der Waals surface area contributed by atoms with Gasteiger partial charge in [0.2, 0.25) is 0 Å². The van der Waals surface area contributed by atoms with Crippen molar-refractivity contribution in [3.05, 3.63) is 71.8 Å². The van der Waals surface area contributed by atoms with Gasteiger partial charge in [0, 0.05) is 12.3 Å². The minimum atomic E-state index is 0.00481. The number of benzene rings is 2. The highest BCUT2D eigenvalue weighted by atomic mass is 15.1. The highest BCUT2D eigenvalue weighted by Gasteiger charge is 2.53. The van der Waals surface area contributed by atoms with Gasteiger partial charge in [-0.15, -0.1) is 0 Å². The van der Waals surface area contributed by atoms with Crippen LogP contribution in [0.1, 0.15) is 38.3 Å². The van der Waals surface area contributed by atoms with Crippen LogP contribution in [0.2, 0.25) is 0 Å². The molecule has 114 valence electrons. The summed E-state index contributed by atoms with van der Waals surface area (Å²) in [6.45, 7) is 6.99. The van der Waals surface area contributed by atoms with Gasteiger partial charge in [0.1, 0.15) is 12.5 Å². The monoisotopic (exact) mass is 292 g/mol. The Bertz CT molecular complexity index is 628. The Kier molecular flexibility index (Phi) is 3.90. The van der Waals surface area contributed by atoms with E-state index in [1.807, 2.05) is 0 Å². The van der Waals surface area contributed by atoms with Crippen LogP contribution in [0.3, 0.4) is 0 Å². The molecule has 22 heavy (non-hydrogen) atoms. The molecule has 1 heterocycles. The molecule has 0 unspecified atom stereocenters. The van der Waals surface area contributed by atoms with Gasteiger partial charge in [0.15, 0.2) is 11.8 Å². The summed E-state index contributed by atoms with van der Waals surface area (Å²) in [6, 6.07) is 22.6. The summed E-state index contributed by atoms with van der Waals surface area (Å²) in [6.07, 6.45) is 1.14. The van der Waals surface area contributed by atoms with Crippen molar-refractivity contribution in [1.82, 2.24) is 0 Å². The van der Waals surface area contributed by atoms with Crippen LogP contribution < -0.4 is 0 Å². The second-order valence-electron chi connectivity index (χ2n) is 6.84. The average molecular weight is 292 g/mol. The van der Waals surface area contributed by atoms with Crippen molar-refractivity contribution < 1.29 is 4.58 Å². The Morgan fingerprint density at radius 3 is 1.77 bits per heavy atom. The fourth-order valence-corrected chi connectivity index (χ4v) is 4.27. The van der Waals surface area contributed by atoms with E-state index in [1.54, 1.807) is 0 Å². The van der Waals surface area contributed by atoms with Crippen molar-refractivity contribution in [2.45, 2.75) is 38.6 Å². The number of hydrogen-bond donors (Lipinski definition) is 0. The zero-order valence-electron chi connectivity index (χ0n) is 14.1. The molecule has 2 aromatic carbocycles. The molecule has 0 saturated heterocycles. The summed E-state index contributed by atoms with van der Waals surface area (Å²) in [5.41, 5.74) is 4.38. The topological polar surface area (TPSA) is 3.01 Å². The molecule has 0 aromatic heterocycles. The molecule has 0 amide bonds. The van der Waals surface area contributed by atoms with Gasteiger partial charge in [0.25, 0.3) is 0 Å². The minimum Gasteiger partial charge on any atom is -0.236 e. The van der Waals surface area contributed by atoms with Gasteiger partial charge in [-0.2, -0.15) is 0 Å². The first-order valence-electron chi connectivity index (χ1n) is 8.28. The summed E-state index contributed by atoms with van der Waals surface area (Å²) in [5, 5.41) is 0. The lowest BCUT2D eigenvalue weighted by Crippen LogP contribution is -2.39. The van der Waals surface area contributed by atoms with E-state index in [2.05, 4.69) is 93.1 Å². The largest absolute Gasteiger partial charge is 0.236 e. The smallest absolute Gasteiger partial charge is 0.170 e. The van der Waals surface area contributed by atoms with Crippen LogP contribution in [-0.4, -0.2) is 23.4 Å². The Morgan fingerprint density at radius 1 is 0.909 bits per heavy atom. The molecule has 0 saturated carbocycles. The maximum absolute atomic E-state index is 2.50. The van der Waals surface area contributed by atoms with E-state index in [4.69, 9.17) is 0 Å². The van der Waals surface area contributed by atoms with Crippen LogP contribution in [0.4, 0.5) is 0 Å². The molecule has 1 heteroatoms. The van der Waals surface area contributed by atoms with E-state index in [-0.39, 0.29) is 5.41 Å². The zero-order chi connectivity index (χ0) is 15.7. The molecule has 3 rings (SSSR count). The first-order valence-corrected chi connectivity index (χ1v) is 8.28. The van der Waals surface area contributed by atoms with Gasteiger partial charge in [-0.1, -0.05) is 74.5 Å². The molecule has 0 N–H and O–H groups in total. The summed E-state index contributed by atoms with van der Waals surface area (Å²) in [7, 11) is 2.26. The second-order valence-corrected chi connectivity index (χ2v) is 6.84. The van der Waals surface area contributed by atoms with Gasteiger partial charge in [0.05, 0.1) is 0 Å². The molecular formula is C21H26N+. The van der Waals surface area contributed by atoms with Gasteiger partial charge in [-0.25, -0.2) is 4.58 Å². The van der Waals surface area contributed by atoms with E-state index in [9.17, 15) is 0 Å². The lowest BCUT2D eigenvalue weighted by atomic mass is 9.67. The standard InChI is InChI=1S/C21H26N/c1-16(2)20-21(15-17(3)22(20)4,18-11-7-5-8-12-18)19-13-9-6-10-14-19/h5-14,16-17H,15H2,1-4H3/q+1/t17-/m1/s1. The third-order valence-electron chi connectivity index (χ3n) is 5.16. The molecule has 0 spiro atoms. The van der Waals surface area contributed by atoms with Gasteiger partial charge in [-0.3, -0.25) is 0 Å². The van der Waals surface area contributed by atoms with E-state index in [0.29, 0.717) is 12.0 Å². The van der Waals surface area contributed by atoms with E-state index in [1.165, 1.54) is 16.8 Å². The normalized spacial score (nSPS) is 20.7. The fraction of sp³-hybridized carbons (Fsp3) is 0.381. The molecule has 1 atom stereocenters. The first kappa shape index (κ1) is 15.0. The van der Waals surface area contributed by atoms with Crippen molar-refractivity contribution in [2.75, 3.05) is 7.05 Å². The Labute approximate surface area is 134 Å². The summed E-state index contributed by atoms with van der Waals surface area (Å²) in [4.78, 5) is 0. The number of hydrogen-bond acceptors (Lipinski definition) is 0. The highest BCUT2D eigenvalue weighted by molar-refractivity contribution is 5.97. The van der Waals surface area contributed by atoms with E-state index < -0.39 is 0 Å². The summed E-state index contributed by atoms with van der Waals surface area (Å²) in [5.74, 6) is 0.523. The third kappa shape index (κ3) is 2.20. The average Bonchev–Trinajstić information content (AvgIpc) is 2.82. The highest BCUT2D eigenvalue weighted by Crippen LogP contribution is 2.44. The van der Waals surface area contributed by atoms with E-state index >= 15 is 0 Å². The Morgan fingerprint density at radius 2 is 1.36 bits per heavy atom. The van der Waals surface area contributed by atoms with Crippen LogP contribution >= 0.6 is 0 Å². The number of rotatable bonds is 3. The van der Waals surface area contributed by atoms with Gasteiger partial charge in [-0.05, 0) is 18.1 Å². The maximum atomic E-state index is 2.50. The minimum absolute atomic E-state index is 0.00481. The first-order chi connectivity index (χ1) is 10.6. The molecule has 0 bridgehead atoms. The molecule has 0 aliphatic carbocycles. The Hall–Kier alpha value is -1.89. The van der Waals surface area contributed by atoms with Crippen molar-refractivity contribution >= 4 is 5.71 Å². The van der Waals surface area contributed by atoms with Crippen molar-refractivity contribution in [3.8, 4) is 0 Å². The fourth-order valence-electron chi connectivity index (χ4n) is 4.27. The van der Waals surface area contributed by atoms with Crippen LogP contribution in [0.5, 0.6) is 0 Å². The predicted molar refractivity (Wildman–Crippen MR) is 93.8 cm³/mol. The molecule has 1 aliphatic rings. The summed E-state index contributed by atoms with van der Waals surface area (Å²) >= 11 is 0. The summed E-state index contributed by atoms with van der Waals surface area (Å²) < 4.78 is 2.50. The molecule has 1 nitrogen and oxygen atoms in total. The number of nitrogens with zero attached hydrogens (tertiary/aromatic N) is 1. The van der Waals surface area contributed by atoms with Crippen LogP contribution in [0.25, 0.3) is 0 Å². The SMILES string of the molecule is CC(C)C1=[N+](C)[C@H](C)CC1(c1ccccc1)c1ccccc1. The lowest BCUT2D eigenvalue weighted by Gasteiger charge is -2.30. The van der Waals surface area contributed by atoms with Crippen molar-refractivity contribution in [3.63, 3.8) is 0 Å². The van der Waals surface area contributed by atoms with Gasteiger partial charge < -0.3 is 0 Å².